The fraction of sp³-hybridized carbons (Fsp3) is 0.489. The highest BCUT2D eigenvalue weighted by Gasteiger charge is 2.47. The van der Waals surface area contributed by atoms with Crippen LogP contribution in [0.1, 0.15) is 94.4 Å². The molecule has 4 N–H and O–H groups in total. The van der Waals surface area contributed by atoms with Crippen molar-refractivity contribution in [2.75, 3.05) is 25.0 Å². The van der Waals surface area contributed by atoms with Crippen LogP contribution in [0, 0.1) is 12.8 Å². The Hall–Kier alpha value is -5.39. The fourth-order valence-corrected chi connectivity index (χ4v) is 7.88. The van der Waals surface area contributed by atoms with Crippen LogP contribution in [-0.2, 0) is 42.3 Å². The van der Waals surface area contributed by atoms with Gasteiger partial charge >= 0.3 is 6.09 Å². The van der Waals surface area contributed by atoms with Gasteiger partial charge in [0.15, 0.2) is 0 Å². The minimum atomic E-state index is -1.22. The van der Waals surface area contributed by atoms with E-state index in [2.05, 4.69) is 21.3 Å². The molecule has 2 fully saturated rings. The van der Waals surface area contributed by atoms with E-state index in [4.69, 9.17) is 9.47 Å². The van der Waals surface area contributed by atoms with Gasteiger partial charge in [0.1, 0.15) is 23.4 Å². The van der Waals surface area contributed by atoms with Gasteiger partial charge in [-0.25, -0.2) is 4.79 Å². The lowest BCUT2D eigenvalue weighted by Gasteiger charge is -2.42. The summed E-state index contributed by atoms with van der Waals surface area (Å²) in [6.45, 7) is 9.18. The summed E-state index contributed by atoms with van der Waals surface area (Å²) in [4.78, 5) is 70.9. The van der Waals surface area contributed by atoms with Crippen molar-refractivity contribution in [2.45, 2.75) is 115 Å². The highest BCUT2D eigenvalue weighted by Crippen LogP contribution is 2.44. The van der Waals surface area contributed by atoms with E-state index in [-0.39, 0.29) is 36.6 Å². The third kappa shape index (κ3) is 10.9. The van der Waals surface area contributed by atoms with Crippen LogP contribution in [0.5, 0.6) is 5.75 Å². The molecule has 3 aromatic rings. The zero-order chi connectivity index (χ0) is 40.6. The second kappa shape index (κ2) is 18.3. The van der Waals surface area contributed by atoms with E-state index >= 15 is 0 Å². The number of ether oxygens (including phenoxy) is 2. The molecule has 2 heterocycles. The average Bonchev–Trinajstić information content (AvgIpc) is 3.15. The molecule has 3 aliphatic rings. The molecule has 304 valence electrons. The lowest BCUT2D eigenvalue weighted by Crippen LogP contribution is -2.59. The molecule has 4 bridgehead atoms. The van der Waals surface area contributed by atoms with E-state index in [9.17, 15) is 24.0 Å². The maximum Gasteiger partial charge on any atom is 0.412 e. The molecule has 6 rings (SSSR count). The van der Waals surface area contributed by atoms with Crippen molar-refractivity contribution in [3.63, 3.8) is 0 Å². The van der Waals surface area contributed by atoms with Crippen molar-refractivity contribution in [2.24, 2.45) is 5.92 Å². The van der Waals surface area contributed by atoms with E-state index in [1.54, 1.807) is 49.9 Å². The van der Waals surface area contributed by atoms with E-state index in [0.29, 0.717) is 51.1 Å². The molecule has 2 aliphatic heterocycles. The molecule has 12 nitrogen and oxygen atoms in total. The number of nitrogens with one attached hydrogen (secondary N) is 4. The first-order valence-corrected chi connectivity index (χ1v) is 20.3. The molecule has 57 heavy (non-hydrogen) atoms. The Bertz CT molecular complexity index is 1900. The summed E-state index contributed by atoms with van der Waals surface area (Å²) >= 11 is 0. The van der Waals surface area contributed by atoms with Crippen molar-refractivity contribution in [3.05, 3.63) is 95.1 Å². The number of rotatable bonds is 7. The van der Waals surface area contributed by atoms with Gasteiger partial charge in [0, 0.05) is 25.3 Å². The van der Waals surface area contributed by atoms with Crippen LogP contribution in [0.3, 0.4) is 0 Å². The zero-order valence-electron chi connectivity index (χ0n) is 33.7. The second-order valence-electron chi connectivity index (χ2n) is 16.7. The maximum atomic E-state index is 14.4. The van der Waals surface area contributed by atoms with Crippen molar-refractivity contribution >= 4 is 35.4 Å². The number of benzene rings is 3. The quantitative estimate of drug-likeness (QED) is 0.226. The molecular weight excluding hydrogens is 723 g/mol. The van der Waals surface area contributed by atoms with Crippen LogP contribution in [0.2, 0.25) is 0 Å². The van der Waals surface area contributed by atoms with Gasteiger partial charge in [0.25, 0.3) is 0 Å². The Labute approximate surface area is 335 Å². The van der Waals surface area contributed by atoms with Gasteiger partial charge in [0.2, 0.25) is 23.6 Å². The standard InChI is InChI=1S/C45H57N5O7/c1-30-13-19-36-26-33(30)28-46-40(52)37(20-14-31-10-6-5-7-11-31)48-41(53)38(27-39(51)50-24-8-12-32(29-50)21-25-56-36)49-42(54)45(22-9-23-45)34-15-17-35(18-16-34)47-43(55)57-44(2,3)4/h5-7,10-11,13,15-19,26,32,37-38H,8-9,12,14,20-25,27-29H2,1-4H3,(H,46,52)(H,47,55)(H,48,53)(H,49,54)/t32?,37-,38-/m0/s1. The Morgan fingerprint density at radius 1 is 0.947 bits per heavy atom. The number of piperidine rings is 1. The molecule has 1 saturated carbocycles. The summed E-state index contributed by atoms with van der Waals surface area (Å²) in [6, 6.07) is 20.5. The van der Waals surface area contributed by atoms with E-state index in [1.807, 2.05) is 55.5 Å². The third-order valence-corrected chi connectivity index (χ3v) is 11.4. The van der Waals surface area contributed by atoms with Gasteiger partial charge in [-0.05, 0) is 125 Å². The van der Waals surface area contributed by atoms with E-state index < -0.39 is 35.1 Å². The smallest absolute Gasteiger partial charge is 0.412 e. The summed E-state index contributed by atoms with van der Waals surface area (Å²) in [7, 11) is 0. The highest BCUT2D eigenvalue weighted by atomic mass is 16.6. The van der Waals surface area contributed by atoms with Crippen LogP contribution in [0.15, 0.2) is 72.8 Å². The summed E-state index contributed by atoms with van der Waals surface area (Å²) in [5, 5.41) is 11.7. The number of hydrogen-bond acceptors (Lipinski definition) is 7. The van der Waals surface area contributed by atoms with Gasteiger partial charge in [-0.3, -0.25) is 24.5 Å². The number of aryl methyl sites for hydroxylation is 2. The molecule has 0 aromatic heterocycles. The van der Waals surface area contributed by atoms with Gasteiger partial charge in [-0.1, -0.05) is 55.0 Å². The molecule has 3 aromatic carbocycles. The summed E-state index contributed by atoms with van der Waals surface area (Å²) < 4.78 is 11.5. The third-order valence-electron chi connectivity index (χ3n) is 11.4. The molecule has 1 aliphatic carbocycles. The molecule has 0 spiro atoms. The number of fused-ring (bicyclic) bond motifs is 4. The van der Waals surface area contributed by atoms with Crippen LogP contribution in [-0.4, -0.2) is 72.0 Å². The monoisotopic (exact) mass is 779 g/mol. The van der Waals surface area contributed by atoms with Gasteiger partial charge in [0.05, 0.1) is 18.4 Å². The van der Waals surface area contributed by atoms with Gasteiger partial charge in [-0.2, -0.15) is 0 Å². The number of anilines is 1. The molecule has 5 amide bonds. The lowest BCUT2D eigenvalue weighted by atomic mass is 9.63. The molecule has 1 saturated heterocycles. The molecule has 12 heteroatoms. The molecule has 3 atom stereocenters. The average molecular weight is 780 g/mol. The SMILES string of the molecule is Cc1ccc2cc1CNC(=O)[C@H](CCc1ccccc1)NC(=O)[C@@H](NC(=O)C1(c3ccc(NC(=O)OC(C)(C)C)cc3)CCC1)CC(=O)N1CCCC(CCO2)C1. The first-order valence-electron chi connectivity index (χ1n) is 20.3. The first kappa shape index (κ1) is 41.2. The Kier molecular flexibility index (Phi) is 13.2. The summed E-state index contributed by atoms with van der Waals surface area (Å²) in [6.07, 6.45) is 4.49. The first-order chi connectivity index (χ1) is 27.3. The van der Waals surface area contributed by atoms with Crippen LogP contribution < -0.4 is 26.0 Å². The minimum Gasteiger partial charge on any atom is -0.494 e. The topological polar surface area (TPSA) is 155 Å². The Balaban J connectivity index is 1.25. The van der Waals surface area contributed by atoms with Crippen molar-refractivity contribution in [1.29, 1.82) is 0 Å². The van der Waals surface area contributed by atoms with Crippen molar-refractivity contribution < 1.29 is 33.4 Å². The molecule has 0 radical (unpaired) electrons. The number of carbonyl (C=O) groups is 5. The summed E-state index contributed by atoms with van der Waals surface area (Å²) in [5.41, 5.74) is 2.61. The van der Waals surface area contributed by atoms with Crippen LogP contribution in [0.4, 0.5) is 10.5 Å². The van der Waals surface area contributed by atoms with Crippen LogP contribution >= 0.6 is 0 Å². The van der Waals surface area contributed by atoms with Crippen molar-refractivity contribution in [1.82, 2.24) is 20.9 Å². The van der Waals surface area contributed by atoms with Crippen LogP contribution in [0.25, 0.3) is 0 Å². The molecular formula is C45H57N5O7. The zero-order valence-corrected chi connectivity index (χ0v) is 33.7. The Morgan fingerprint density at radius 2 is 1.70 bits per heavy atom. The minimum absolute atomic E-state index is 0.226. The predicted molar refractivity (Wildman–Crippen MR) is 218 cm³/mol. The Morgan fingerprint density at radius 3 is 2.40 bits per heavy atom. The summed E-state index contributed by atoms with van der Waals surface area (Å²) in [5.74, 6) is -0.572. The molecule has 1 unspecified atom stereocenters. The number of carbonyl (C=O) groups excluding carboxylic acids is 5. The van der Waals surface area contributed by atoms with Gasteiger partial charge in [-0.15, -0.1) is 0 Å². The number of amides is 5. The highest BCUT2D eigenvalue weighted by molar-refractivity contribution is 5.97. The number of hydrogen-bond donors (Lipinski definition) is 4. The van der Waals surface area contributed by atoms with Gasteiger partial charge < -0.3 is 30.3 Å². The second-order valence-corrected chi connectivity index (χ2v) is 16.7. The predicted octanol–water partition coefficient (Wildman–Crippen LogP) is 6.09. The largest absolute Gasteiger partial charge is 0.494 e. The van der Waals surface area contributed by atoms with Crippen molar-refractivity contribution in [3.8, 4) is 5.75 Å². The van der Waals surface area contributed by atoms with E-state index in [1.165, 1.54) is 0 Å². The number of nitrogens with zero attached hydrogens (tertiary/aromatic N) is 1. The maximum absolute atomic E-state index is 14.4. The lowest BCUT2D eigenvalue weighted by molar-refractivity contribution is -0.139. The fourth-order valence-electron chi connectivity index (χ4n) is 7.88. The normalized spacial score (nSPS) is 21.6. The van der Waals surface area contributed by atoms with E-state index in [0.717, 1.165) is 53.7 Å².